The molecule has 0 aliphatic heterocycles. The number of aromatic nitrogens is 5. The van der Waals surface area contributed by atoms with Gasteiger partial charge in [-0.1, -0.05) is 12.1 Å². The van der Waals surface area contributed by atoms with Gasteiger partial charge in [0.15, 0.2) is 0 Å². The van der Waals surface area contributed by atoms with Crippen LogP contribution in [0.4, 0.5) is 5.95 Å². The summed E-state index contributed by atoms with van der Waals surface area (Å²) in [7, 11) is 1.65. The van der Waals surface area contributed by atoms with Gasteiger partial charge in [0.1, 0.15) is 5.75 Å². The summed E-state index contributed by atoms with van der Waals surface area (Å²) in [5.74, 6) is 1.34. The second-order valence-corrected chi connectivity index (χ2v) is 6.26. The van der Waals surface area contributed by atoms with E-state index in [2.05, 4.69) is 25.4 Å². The molecule has 0 saturated heterocycles. The minimum Gasteiger partial charge on any atom is -0.497 e. The van der Waals surface area contributed by atoms with Crippen LogP contribution in [0.1, 0.15) is 11.4 Å². The molecule has 0 spiro atoms. The molecule has 0 amide bonds. The number of rotatable bonds is 6. The third-order valence-corrected chi connectivity index (χ3v) is 4.23. The van der Waals surface area contributed by atoms with Gasteiger partial charge in [-0.05, 0) is 37.3 Å². The number of benzene rings is 1. The highest BCUT2D eigenvalue weighted by Gasteiger charge is 2.07. The molecule has 0 fully saturated rings. The van der Waals surface area contributed by atoms with Crippen molar-refractivity contribution in [1.29, 1.82) is 0 Å². The smallest absolute Gasteiger partial charge is 0.223 e. The Balaban J connectivity index is 1.52. The standard InChI is InChI=1S/C21H20N6O/c1-15-5-3-6-17(25-15)13-23-21-22-10-9-20(26-21)16-12-24-27(14-16)18-7-4-8-19(11-18)28-2/h3-12,14H,13H2,1-2H3,(H,22,23,26). The van der Waals surface area contributed by atoms with Crippen LogP contribution in [0.25, 0.3) is 16.9 Å². The summed E-state index contributed by atoms with van der Waals surface area (Å²) in [5, 5.41) is 7.66. The van der Waals surface area contributed by atoms with E-state index in [1.165, 1.54) is 0 Å². The molecule has 140 valence electrons. The van der Waals surface area contributed by atoms with Crippen molar-refractivity contribution in [2.45, 2.75) is 13.5 Å². The highest BCUT2D eigenvalue weighted by Crippen LogP contribution is 2.21. The Morgan fingerprint density at radius 3 is 2.82 bits per heavy atom. The highest BCUT2D eigenvalue weighted by atomic mass is 16.5. The Hall–Kier alpha value is -3.74. The van der Waals surface area contributed by atoms with Crippen LogP contribution < -0.4 is 10.1 Å². The molecule has 0 atom stereocenters. The number of nitrogens with one attached hydrogen (secondary N) is 1. The molecule has 28 heavy (non-hydrogen) atoms. The maximum absolute atomic E-state index is 5.28. The van der Waals surface area contributed by atoms with E-state index in [9.17, 15) is 0 Å². The number of hydrogen-bond donors (Lipinski definition) is 1. The molecule has 0 saturated carbocycles. The van der Waals surface area contributed by atoms with Crippen molar-refractivity contribution >= 4 is 5.95 Å². The summed E-state index contributed by atoms with van der Waals surface area (Å²) < 4.78 is 7.07. The van der Waals surface area contributed by atoms with Crippen LogP contribution in [-0.4, -0.2) is 31.8 Å². The second-order valence-electron chi connectivity index (χ2n) is 6.26. The second kappa shape index (κ2) is 7.87. The number of ether oxygens (including phenoxy) is 1. The third-order valence-electron chi connectivity index (χ3n) is 4.23. The number of pyridine rings is 1. The fourth-order valence-electron chi connectivity index (χ4n) is 2.82. The van der Waals surface area contributed by atoms with Crippen LogP contribution in [-0.2, 0) is 6.54 Å². The molecule has 7 heteroatoms. The van der Waals surface area contributed by atoms with Crippen LogP contribution in [0.2, 0.25) is 0 Å². The van der Waals surface area contributed by atoms with E-state index in [0.29, 0.717) is 12.5 Å². The fourth-order valence-corrected chi connectivity index (χ4v) is 2.82. The molecule has 1 N–H and O–H groups in total. The maximum Gasteiger partial charge on any atom is 0.223 e. The van der Waals surface area contributed by atoms with Gasteiger partial charge in [-0.2, -0.15) is 5.10 Å². The SMILES string of the molecule is COc1cccc(-n2cc(-c3ccnc(NCc4cccc(C)n4)n3)cn2)c1. The predicted octanol–water partition coefficient (Wildman–Crippen LogP) is 3.65. The molecule has 3 aromatic heterocycles. The molecule has 4 aromatic rings. The first kappa shape index (κ1) is 17.7. The van der Waals surface area contributed by atoms with Crippen LogP contribution in [0.15, 0.2) is 67.1 Å². The van der Waals surface area contributed by atoms with E-state index in [1.807, 2.05) is 61.7 Å². The van der Waals surface area contributed by atoms with E-state index in [1.54, 1.807) is 24.2 Å². The first-order valence-electron chi connectivity index (χ1n) is 8.90. The topological polar surface area (TPSA) is 77.8 Å². The Bertz CT molecular complexity index is 1090. The molecule has 7 nitrogen and oxygen atoms in total. The lowest BCUT2D eigenvalue weighted by Crippen LogP contribution is -2.05. The number of hydrogen-bond acceptors (Lipinski definition) is 6. The lowest BCUT2D eigenvalue weighted by Gasteiger charge is -2.06. The lowest BCUT2D eigenvalue weighted by atomic mass is 10.2. The summed E-state index contributed by atoms with van der Waals surface area (Å²) >= 11 is 0. The van der Waals surface area contributed by atoms with Crippen LogP contribution in [0.3, 0.4) is 0 Å². The zero-order valence-corrected chi connectivity index (χ0v) is 15.7. The largest absolute Gasteiger partial charge is 0.497 e. The summed E-state index contributed by atoms with van der Waals surface area (Å²) in [4.78, 5) is 13.4. The Kier molecular flexibility index (Phi) is 4.97. The normalized spacial score (nSPS) is 10.6. The minimum atomic E-state index is 0.551. The Morgan fingerprint density at radius 2 is 1.96 bits per heavy atom. The van der Waals surface area contributed by atoms with E-state index in [4.69, 9.17) is 4.74 Å². The first-order valence-corrected chi connectivity index (χ1v) is 8.90. The van der Waals surface area contributed by atoms with Crippen molar-refractivity contribution in [3.63, 3.8) is 0 Å². The zero-order chi connectivity index (χ0) is 19.3. The van der Waals surface area contributed by atoms with Gasteiger partial charge in [-0.25, -0.2) is 14.6 Å². The molecule has 0 aliphatic carbocycles. The van der Waals surface area contributed by atoms with Gasteiger partial charge in [0.05, 0.1) is 36.9 Å². The van der Waals surface area contributed by atoms with Gasteiger partial charge in [-0.3, -0.25) is 4.98 Å². The number of nitrogens with zero attached hydrogens (tertiary/aromatic N) is 5. The molecule has 0 unspecified atom stereocenters. The molecule has 3 heterocycles. The summed E-state index contributed by atoms with van der Waals surface area (Å²) in [5.41, 5.74) is 4.55. The summed E-state index contributed by atoms with van der Waals surface area (Å²) in [6.45, 7) is 2.54. The van der Waals surface area contributed by atoms with E-state index in [-0.39, 0.29) is 0 Å². The van der Waals surface area contributed by atoms with E-state index >= 15 is 0 Å². The number of methoxy groups -OCH3 is 1. The van der Waals surface area contributed by atoms with Gasteiger partial charge in [0.25, 0.3) is 0 Å². The molecule has 0 radical (unpaired) electrons. The van der Waals surface area contributed by atoms with Crippen molar-refractivity contribution in [2.24, 2.45) is 0 Å². The quantitative estimate of drug-likeness (QED) is 0.557. The average molecular weight is 372 g/mol. The molecular formula is C21H20N6O. The highest BCUT2D eigenvalue weighted by molar-refractivity contribution is 5.59. The molecule has 0 bridgehead atoms. The van der Waals surface area contributed by atoms with Gasteiger partial charge in [0, 0.05) is 29.7 Å². The van der Waals surface area contributed by atoms with Crippen LogP contribution in [0, 0.1) is 6.92 Å². The minimum absolute atomic E-state index is 0.551. The summed E-state index contributed by atoms with van der Waals surface area (Å²) in [6.07, 6.45) is 5.45. The predicted molar refractivity (Wildman–Crippen MR) is 107 cm³/mol. The number of aryl methyl sites for hydroxylation is 1. The Labute approximate surface area is 163 Å². The fraction of sp³-hybridized carbons (Fsp3) is 0.143. The van der Waals surface area contributed by atoms with Crippen molar-refractivity contribution in [1.82, 2.24) is 24.7 Å². The van der Waals surface area contributed by atoms with Gasteiger partial charge >= 0.3 is 0 Å². The van der Waals surface area contributed by atoms with Gasteiger partial charge in [0.2, 0.25) is 5.95 Å². The maximum atomic E-state index is 5.28. The van der Waals surface area contributed by atoms with Gasteiger partial charge in [-0.15, -0.1) is 0 Å². The first-order chi connectivity index (χ1) is 13.7. The van der Waals surface area contributed by atoms with Crippen molar-refractivity contribution in [3.05, 3.63) is 78.5 Å². The molecule has 0 aliphatic rings. The van der Waals surface area contributed by atoms with E-state index < -0.39 is 0 Å². The van der Waals surface area contributed by atoms with Crippen molar-refractivity contribution in [2.75, 3.05) is 12.4 Å². The summed E-state index contributed by atoms with van der Waals surface area (Å²) in [6, 6.07) is 15.5. The van der Waals surface area contributed by atoms with E-state index in [0.717, 1.165) is 34.1 Å². The lowest BCUT2D eigenvalue weighted by molar-refractivity contribution is 0.414. The monoisotopic (exact) mass is 372 g/mol. The zero-order valence-electron chi connectivity index (χ0n) is 15.7. The van der Waals surface area contributed by atoms with Crippen LogP contribution in [0.5, 0.6) is 5.75 Å². The number of anilines is 1. The van der Waals surface area contributed by atoms with Crippen LogP contribution >= 0.6 is 0 Å². The average Bonchev–Trinajstić information content (AvgIpc) is 3.23. The van der Waals surface area contributed by atoms with Crippen molar-refractivity contribution in [3.8, 4) is 22.7 Å². The molecule has 4 rings (SSSR count). The van der Waals surface area contributed by atoms with Gasteiger partial charge < -0.3 is 10.1 Å². The Morgan fingerprint density at radius 1 is 1.07 bits per heavy atom. The van der Waals surface area contributed by atoms with Crippen molar-refractivity contribution < 1.29 is 4.74 Å². The molecular weight excluding hydrogens is 352 g/mol. The molecule has 1 aromatic carbocycles. The third kappa shape index (κ3) is 3.98.